The second-order valence-corrected chi connectivity index (χ2v) is 6.83. The molecule has 2 saturated heterocycles. The van der Waals surface area contributed by atoms with Crippen molar-refractivity contribution in [1.29, 1.82) is 0 Å². The fourth-order valence-electron chi connectivity index (χ4n) is 4.64. The molecule has 0 bridgehead atoms. The van der Waals surface area contributed by atoms with Gasteiger partial charge in [0, 0.05) is 12.6 Å². The minimum Gasteiger partial charge on any atom is -0.363 e. The Labute approximate surface area is 112 Å². The van der Waals surface area contributed by atoms with Gasteiger partial charge in [-0.15, -0.1) is 0 Å². The molecular formula is C16H29NO. The zero-order valence-electron chi connectivity index (χ0n) is 12.1. The molecule has 2 aliphatic heterocycles. The molecule has 0 amide bonds. The number of hydrogen-bond donors (Lipinski definition) is 0. The second-order valence-electron chi connectivity index (χ2n) is 6.83. The van der Waals surface area contributed by atoms with Gasteiger partial charge in [-0.3, -0.25) is 4.90 Å². The van der Waals surface area contributed by atoms with Crippen molar-refractivity contribution in [2.75, 3.05) is 13.3 Å². The Kier molecular flexibility index (Phi) is 3.95. The summed E-state index contributed by atoms with van der Waals surface area (Å²) in [6, 6.07) is 0.806. The fourth-order valence-corrected chi connectivity index (χ4v) is 4.64. The van der Waals surface area contributed by atoms with E-state index in [-0.39, 0.29) is 0 Å². The molecule has 0 aromatic rings. The van der Waals surface area contributed by atoms with E-state index in [1.165, 1.54) is 51.5 Å². The molecule has 3 aliphatic rings. The number of rotatable bonds is 1. The van der Waals surface area contributed by atoms with E-state index < -0.39 is 0 Å². The average molecular weight is 251 g/mol. The minimum atomic E-state index is 0.569. The highest BCUT2D eigenvalue weighted by atomic mass is 16.5. The quantitative estimate of drug-likeness (QED) is 0.705. The first-order chi connectivity index (χ1) is 8.79. The van der Waals surface area contributed by atoms with Crippen LogP contribution in [0.25, 0.3) is 0 Å². The molecule has 0 N–H and O–H groups in total. The SMILES string of the molecule is CC[C@H]1CC[C@@H]2[C@@H](C)[C@H]3CCCC[C@@H]3OCN2C1. The van der Waals surface area contributed by atoms with Gasteiger partial charge in [0.1, 0.15) is 0 Å². The van der Waals surface area contributed by atoms with Crippen LogP contribution >= 0.6 is 0 Å². The molecule has 0 spiro atoms. The predicted molar refractivity (Wildman–Crippen MR) is 74.4 cm³/mol. The van der Waals surface area contributed by atoms with Crippen LogP contribution in [0.3, 0.4) is 0 Å². The van der Waals surface area contributed by atoms with Crippen molar-refractivity contribution in [3.05, 3.63) is 0 Å². The van der Waals surface area contributed by atoms with E-state index in [9.17, 15) is 0 Å². The maximum Gasteiger partial charge on any atom is 0.0996 e. The predicted octanol–water partition coefficient (Wildman–Crippen LogP) is 3.66. The van der Waals surface area contributed by atoms with Gasteiger partial charge in [-0.1, -0.05) is 33.1 Å². The molecule has 2 heteroatoms. The largest absolute Gasteiger partial charge is 0.363 e. The lowest BCUT2D eigenvalue weighted by atomic mass is 9.73. The molecule has 1 saturated carbocycles. The third kappa shape index (κ3) is 2.34. The van der Waals surface area contributed by atoms with Crippen LogP contribution in [0.2, 0.25) is 0 Å². The molecule has 0 aromatic carbocycles. The smallest absolute Gasteiger partial charge is 0.0996 e. The van der Waals surface area contributed by atoms with Crippen LogP contribution in [0.5, 0.6) is 0 Å². The standard InChI is InChI=1S/C16H29NO/c1-3-13-8-9-15-12(2)14-6-4-5-7-16(14)18-11-17(15)10-13/h12-16H,3-11H2,1-2H3/t12-,13-,14+,15+,16-/m0/s1. The molecule has 0 aromatic heterocycles. The third-order valence-electron chi connectivity index (χ3n) is 5.90. The number of hydrogen-bond acceptors (Lipinski definition) is 2. The number of nitrogens with zero attached hydrogens (tertiary/aromatic N) is 1. The fraction of sp³-hybridized carbons (Fsp3) is 1.00. The molecule has 104 valence electrons. The first-order valence-corrected chi connectivity index (χ1v) is 8.15. The topological polar surface area (TPSA) is 12.5 Å². The van der Waals surface area contributed by atoms with Crippen molar-refractivity contribution in [3.8, 4) is 0 Å². The van der Waals surface area contributed by atoms with Gasteiger partial charge in [-0.05, 0) is 43.4 Å². The van der Waals surface area contributed by atoms with Gasteiger partial charge >= 0.3 is 0 Å². The highest BCUT2D eigenvalue weighted by Crippen LogP contribution is 2.41. The van der Waals surface area contributed by atoms with E-state index in [2.05, 4.69) is 18.7 Å². The summed E-state index contributed by atoms with van der Waals surface area (Å²) in [5.74, 6) is 2.60. The van der Waals surface area contributed by atoms with Gasteiger partial charge in [0.2, 0.25) is 0 Å². The summed E-state index contributed by atoms with van der Waals surface area (Å²) in [4.78, 5) is 2.67. The molecule has 0 unspecified atom stereocenters. The molecule has 18 heavy (non-hydrogen) atoms. The first-order valence-electron chi connectivity index (χ1n) is 8.15. The average Bonchev–Trinajstić information content (AvgIpc) is 2.57. The zero-order chi connectivity index (χ0) is 12.5. The van der Waals surface area contributed by atoms with Crippen molar-refractivity contribution in [3.63, 3.8) is 0 Å². The molecular weight excluding hydrogens is 222 g/mol. The van der Waals surface area contributed by atoms with E-state index in [4.69, 9.17) is 4.74 Å². The maximum absolute atomic E-state index is 6.27. The van der Waals surface area contributed by atoms with Gasteiger partial charge in [0.05, 0.1) is 12.8 Å². The zero-order valence-corrected chi connectivity index (χ0v) is 12.1. The summed E-state index contributed by atoms with van der Waals surface area (Å²) in [7, 11) is 0. The Hall–Kier alpha value is -0.0800. The Balaban J connectivity index is 1.73. The Morgan fingerprint density at radius 3 is 2.78 bits per heavy atom. The molecule has 5 atom stereocenters. The van der Waals surface area contributed by atoms with E-state index in [1.807, 2.05) is 0 Å². The summed E-state index contributed by atoms with van der Waals surface area (Å²) in [5, 5.41) is 0. The normalized spacial score (nSPS) is 46.0. The summed E-state index contributed by atoms with van der Waals surface area (Å²) >= 11 is 0. The van der Waals surface area contributed by atoms with Gasteiger partial charge in [0.15, 0.2) is 0 Å². The lowest BCUT2D eigenvalue weighted by molar-refractivity contribution is -0.0526. The van der Waals surface area contributed by atoms with Crippen molar-refractivity contribution in [2.24, 2.45) is 17.8 Å². The minimum absolute atomic E-state index is 0.569. The van der Waals surface area contributed by atoms with Crippen molar-refractivity contribution >= 4 is 0 Å². The molecule has 3 fully saturated rings. The van der Waals surface area contributed by atoms with Crippen LogP contribution in [0, 0.1) is 17.8 Å². The van der Waals surface area contributed by atoms with Crippen LogP contribution in [0.4, 0.5) is 0 Å². The lowest BCUT2D eigenvalue weighted by Gasteiger charge is -2.42. The van der Waals surface area contributed by atoms with Gasteiger partial charge in [-0.2, -0.15) is 0 Å². The van der Waals surface area contributed by atoms with E-state index in [1.54, 1.807) is 0 Å². The van der Waals surface area contributed by atoms with Crippen LogP contribution < -0.4 is 0 Å². The van der Waals surface area contributed by atoms with E-state index in [0.717, 1.165) is 30.5 Å². The number of piperidine rings is 1. The first kappa shape index (κ1) is 12.9. The maximum atomic E-state index is 6.27. The van der Waals surface area contributed by atoms with Crippen molar-refractivity contribution < 1.29 is 4.74 Å². The van der Waals surface area contributed by atoms with Crippen LogP contribution in [0.15, 0.2) is 0 Å². The lowest BCUT2D eigenvalue weighted by Crippen LogP contribution is -2.47. The van der Waals surface area contributed by atoms with Gasteiger partial charge in [-0.25, -0.2) is 0 Å². The number of ether oxygens (including phenoxy) is 1. The summed E-state index contributed by atoms with van der Waals surface area (Å²) in [5.41, 5.74) is 0. The number of fused-ring (bicyclic) bond motifs is 2. The third-order valence-corrected chi connectivity index (χ3v) is 5.90. The molecule has 2 heterocycles. The highest BCUT2D eigenvalue weighted by Gasteiger charge is 2.41. The molecule has 0 radical (unpaired) electrons. The Morgan fingerprint density at radius 1 is 1.11 bits per heavy atom. The second kappa shape index (κ2) is 5.50. The summed E-state index contributed by atoms with van der Waals surface area (Å²) in [6.45, 7) is 7.03. The highest BCUT2D eigenvalue weighted by molar-refractivity contribution is 4.92. The van der Waals surface area contributed by atoms with Crippen molar-refractivity contribution in [1.82, 2.24) is 4.90 Å². The van der Waals surface area contributed by atoms with E-state index in [0.29, 0.717) is 6.10 Å². The summed E-state index contributed by atoms with van der Waals surface area (Å²) < 4.78 is 6.27. The van der Waals surface area contributed by atoms with Crippen LogP contribution in [-0.2, 0) is 4.74 Å². The molecule has 1 aliphatic carbocycles. The monoisotopic (exact) mass is 251 g/mol. The van der Waals surface area contributed by atoms with Crippen molar-refractivity contribution in [2.45, 2.75) is 70.9 Å². The van der Waals surface area contributed by atoms with E-state index >= 15 is 0 Å². The van der Waals surface area contributed by atoms with Gasteiger partial charge in [0.25, 0.3) is 0 Å². The van der Waals surface area contributed by atoms with Crippen LogP contribution in [-0.4, -0.2) is 30.3 Å². The van der Waals surface area contributed by atoms with Crippen LogP contribution in [0.1, 0.15) is 58.8 Å². The molecule has 2 nitrogen and oxygen atoms in total. The Morgan fingerprint density at radius 2 is 1.94 bits per heavy atom. The molecule has 3 rings (SSSR count). The summed E-state index contributed by atoms with van der Waals surface area (Å²) in [6.07, 6.45) is 10.3. The Bertz CT molecular complexity index is 280. The van der Waals surface area contributed by atoms with Gasteiger partial charge < -0.3 is 4.74 Å².